The summed E-state index contributed by atoms with van der Waals surface area (Å²) in [4.78, 5) is 12.1. The molecule has 0 bridgehead atoms. The Labute approximate surface area is 126 Å². The number of rotatable bonds is 8. The zero-order valence-electron chi connectivity index (χ0n) is 13.2. The van der Waals surface area contributed by atoms with E-state index in [1.165, 1.54) is 0 Å². The van der Waals surface area contributed by atoms with Gasteiger partial charge in [-0.3, -0.25) is 4.79 Å². The number of nitrogens with one attached hydrogen (secondary N) is 1. The van der Waals surface area contributed by atoms with Crippen molar-refractivity contribution in [3.63, 3.8) is 0 Å². The van der Waals surface area contributed by atoms with E-state index in [2.05, 4.69) is 5.32 Å². The summed E-state index contributed by atoms with van der Waals surface area (Å²) in [6.45, 7) is 6.29. The van der Waals surface area contributed by atoms with Crippen molar-refractivity contribution in [2.75, 3.05) is 20.3 Å². The van der Waals surface area contributed by atoms with E-state index in [1.807, 2.05) is 13.8 Å². The summed E-state index contributed by atoms with van der Waals surface area (Å²) in [5.74, 6) is 0.884. The predicted octanol–water partition coefficient (Wildman–Crippen LogP) is 2.37. The smallest absolute Gasteiger partial charge is 0.251 e. The molecular weight excluding hydrogens is 270 g/mol. The third-order valence-electron chi connectivity index (χ3n) is 3.14. The largest absolute Gasteiger partial charge is 0.493 e. The molecule has 0 saturated heterocycles. The molecule has 0 saturated carbocycles. The molecule has 21 heavy (non-hydrogen) atoms. The Morgan fingerprint density at radius 2 is 2.05 bits per heavy atom. The summed E-state index contributed by atoms with van der Waals surface area (Å²) in [7, 11) is 1.56. The van der Waals surface area contributed by atoms with Crippen LogP contribution >= 0.6 is 0 Å². The van der Waals surface area contributed by atoms with Crippen LogP contribution in [-0.2, 0) is 0 Å². The highest BCUT2D eigenvalue weighted by Gasteiger charge is 2.20. The Morgan fingerprint density at radius 1 is 1.33 bits per heavy atom. The van der Waals surface area contributed by atoms with Crippen molar-refractivity contribution in [1.82, 2.24) is 5.32 Å². The van der Waals surface area contributed by atoms with Gasteiger partial charge in [-0.1, -0.05) is 13.3 Å². The highest BCUT2D eigenvalue weighted by Crippen LogP contribution is 2.28. The van der Waals surface area contributed by atoms with Gasteiger partial charge in [0.1, 0.15) is 0 Å². The number of methoxy groups -OCH3 is 1. The summed E-state index contributed by atoms with van der Waals surface area (Å²) in [5, 5.41) is 12.8. The molecule has 0 aromatic heterocycles. The molecule has 0 radical (unpaired) electrons. The maximum Gasteiger partial charge on any atom is 0.251 e. The molecule has 1 atom stereocenters. The molecule has 0 aliphatic carbocycles. The summed E-state index contributed by atoms with van der Waals surface area (Å²) >= 11 is 0. The average molecular weight is 295 g/mol. The highest BCUT2D eigenvalue weighted by molar-refractivity contribution is 5.94. The standard InChI is InChI=1S/C16H25NO4/c1-5-9-16(3,19)11-17-15(18)12-7-8-13(20-4)14(10-12)21-6-2/h7-8,10,19H,5-6,9,11H2,1-4H3,(H,17,18). The van der Waals surface area contributed by atoms with Crippen LogP contribution in [0.3, 0.4) is 0 Å². The normalized spacial score (nSPS) is 13.4. The molecule has 1 aromatic carbocycles. The van der Waals surface area contributed by atoms with Crippen LogP contribution in [-0.4, -0.2) is 36.9 Å². The Morgan fingerprint density at radius 3 is 2.62 bits per heavy atom. The number of hydrogen-bond donors (Lipinski definition) is 2. The first-order chi connectivity index (χ1) is 9.93. The van der Waals surface area contributed by atoms with Crippen LogP contribution in [0.2, 0.25) is 0 Å². The van der Waals surface area contributed by atoms with E-state index < -0.39 is 5.60 Å². The summed E-state index contributed by atoms with van der Waals surface area (Å²) in [6, 6.07) is 5.02. The molecular formula is C16H25NO4. The Bertz CT molecular complexity index is 471. The molecule has 0 aliphatic rings. The number of carbonyl (C=O) groups excluding carboxylic acids is 1. The van der Waals surface area contributed by atoms with Gasteiger partial charge >= 0.3 is 0 Å². The lowest BCUT2D eigenvalue weighted by atomic mass is 10.0. The number of carbonyl (C=O) groups is 1. The van der Waals surface area contributed by atoms with Crippen LogP contribution < -0.4 is 14.8 Å². The number of benzene rings is 1. The third kappa shape index (κ3) is 5.27. The number of aliphatic hydroxyl groups is 1. The summed E-state index contributed by atoms with van der Waals surface area (Å²) < 4.78 is 10.6. The maximum absolute atomic E-state index is 12.1. The van der Waals surface area contributed by atoms with Gasteiger partial charge in [0, 0.05) is 12.1 Å². The van der Waals surface area contributed by atoms with Crippen molar-refractivity contribution in [2.24, 2.45) is 0 Å². The zero-order valence-corrected chi connectivity index (χ0v) is 13.2. The van der Waals surface area contributed by atoms with Gasteiger partial charge in [0.2, 0.25) is 0 Å². The summed E-state index contributed by atoms with van der Waals surface area (Å²) in [6.07, 6.45) is 1.50. The minimum absolute atomic E-state index is 0.218. The second kappa shape index (κ2) is 7.88. The molecule has 118 valence electrons. The Balaban J connectivity index is 2.76. The number of hydrogen-bond acceptors (Lipinski definition) is 4. The molecule has 5 heteroatoms. The molecule has 2 N–H and O–H groups in total. The summed E-state index contributed by atoms with van der Waals surface area (Å²) in [5.41, 5.74) is -0.411. The second-order valence-corrected chi connectivity index (χ2v) is 5.23. The van der Waals surface area contributed by atoms with Crippen LogP contribution in [0.15, 0.2) is 18.2 Å². The molecule has 1 unspecified atom stereocenters. The monoisotopic (exact) mass is 295 g/mol. The van der Waals surface area contributed by atoms with Gasteiger partial charge in [-0.05, 0) is 38.5 Å². The van der Waals surface area contributed by atoms with Crippen molar-refractivity contribution >= 4 is 5.91 Å². The SMILES string of the molecule is CCCC(C)(O)CNC(=O)c1ccc(OC)c(OCC)c1. The molecule has 1 rings (SSSR count). The number of ether oxygens (including phenoxy) is 2. The Kier molecular flexibility index (Phi) is 6.49. The molecule has 1 aromatic rings. The van der Waals surface area contributed by atoms with E-state index in [9.17, 15) is 9.90 Å². The molecule has 5 nitrogen and oxygen atoms in total. The Hall–Kier alpha value is -1.75. The minimum atomic E-state index is -0.889. The van der Waals surface area contributed by atoms with E-state index in [4.69, 9.17) is 9.47 Å². The molecule has 0 heterocycles. The third-order valence-corrected chi connectivity index (χ3v) is 3.14. The van der Waals surface area contributed by atoms with Crippen LogP contribution in [0.4, 0.5) is 0 Å². The van der Waals surface area contributed by atoms with Gasteiger partial charge in [0.25, 0.3) is 5.91 Å². The van der Waals surface area contributed by atoms with E-state index in [0.717, 1.165) is 6.42 Å². The van der Waals surface area contributed by atoms with Gasteiger partial charge in [0.15, 0.2) is 11.5 Å². The van der Waals surface area contributed by atoms with Crippen molar-refractivity contribution in [2.45, 2.75) is 39.2 Å². The van der Waals surface area contributed by atoms with Crippen molar-refractivity contribution in [1.29, 1.82) is 0 Å². The van der Waals surface area contributed by atoms with Crippen molar-refractivity contribution in [3.8, 4) is 11.5 Å². The lowest BCUT2D eigenvalue weighted by molar-refractivity contribution is 0.0469. The molecule has 1 amide bonds. The zero-order chi connectivity index (χ0) is 15.9. The van der Waals surface area contributed by atoms with E-state index in [0.29, 0.717) is 30.1 Å². The molecule has 0 spiro atoms. The van der Waals surface area contributed by atoms with Gasteiger partial charge in [-0.2, -0.15) is 0 Å². The maximum atomic E-state index is 12.1. The predicted molar refractivity (Wildman–Crippen MR) is 82.0 cm³/mol. The second-order valence-electron chi connectivity index (χ2n) is 5.23. The first-order valence-electron chi connectivity index (χ1n) is 7.25. The minimum Gasteiger partial charge on any atom is -0.493 e. The molecule has 0 aliphatic heterocycles. The fourth-order valence-corrected chi connectivity index (χ4v) is 2.09. The average Bonchev–Trinajstić information content (AvgIpc) is 2.45. The van der Waals surface area contributed by atoms with Gasteiger partial charge in [0.05, 0.1) is 19.3 Å². The lowest BCUT2D eigenvalue weighted by Gasteiger charge is -2.23. The van der Waals surface area contributed by atoms with Crippen molar-refractivity contribution in [3.05, 3.63) is 23.8 Å². The van der Waals surface area contributed by atoms with Gasteiger partial charge in [-0.15, -0.1) is 0 Å². The van der Waals surface area contributed by atoms with Crippen LogP contribution in [0.25, 0.3) is 0 Å². The highest BCUT2D eigenvalue weighted by atomic mass is 16.5. The quantitative estimate of drug-likeness (QED) is 0.772. The van der Waals surface area contributed by atoms with Crippen molar-refractivity contribution < 1.29 is 19.4 Å². The van der Waals surface area contributed by atoms with Gasteiger partial charge in [-0.25, -0.2) is 0 Å². The lowest BCUT2D eigenvalue weighted by Crippen LogP contribution is -2.40. The topological polar surface area (TPSA) is 67.8 Å². The van der Waals surface area contributed by atoms with Crippen LogP contribution in [0.1, 0.15) is 44.0 Å². The van der Waals surface area contributed by atoms with Crippen LogP contribution in [0, 0.1) is 0 Å². The van der Waals surface area contributed by atoms with E-state index >= 15 is 0 Å². The van der Waals surface area contributed by atoms with Crippen LogP contribution in [0.5, 0.6) is 11.5 Å². The fraction of sp³-hybridized carbons (Fsp3) is 0.562. The van der Waals surface area contributed by atoms with Gasteiger partial charge < -0.3 is 19.9 Å². The van der Waals surface area contributed by atoms with E-state index in [-0.39, 0.29) is 12.5 Å². The first kappa shape index (κ1) is 17.3. The van der Waals surface area contributed by atoms with E-state index in [1.54, 1.807) is 32.2 Å². The fourth-order valence-electron chi connectivity index (χ4n) is 2.09. The number of amides is 1. The molecule has 0 fully saturated rings. The first-order valence-corrected chi connectivity index (χ1v) is 7.25.